The number of amides is 1. The number of nitrogens with zero attached hydrogens (tertiary/aromatic N) is 5. The smallest absolute Gasteiger partial charge is 0.414 e. The van der Waals surface area contributed by atoms with Crippen molar-refractivity contribution in [2.24, 2.45) is 11.0 Å². The molecule has 3 aliphatic heterocycles. The Morgan fingerprint density at radius 2 is 2.15 bits per heavy atom. The van der Waals surface area contributed by atoms with E-state index in [0.29, 0.717) is 5.92 Å². The number of thioether (sulfide) groups is 1. The molecular weight excluding hydrogens is 364 g/mol. The summed E-state index contributed by atoms with van der Waals surface area (Å²) in [6, 6.07) is 2.48. The lowest BCUT2D eigenvalue weighted by Gasteiger charge is -2.26. The number of carbonyl (C=O) groups excluding carboxylic acids is 1. The summed E-state index contributed by atoms with van der Waals surface area (Å²) in [6.07, 6.45) is -0.409. The minimum Gasteiger partial charge on any atom is -0.444 e. The van der Waals surface area contributed by atoms with Crippen LogP contribution >= 0.6 is 11.8 Å². The zero-order chi connectivity index (χ0) is 18.4. The summed E-state index contributed by atoms with van der Waals surface area (Å²) < 4.78 is 34.7. The van der Waals surface area contributed by atoms with Crippen LogP contribution < -0.4 is 9.80 Å². The van der Waals surface area contributed by atoms with Crippen molar-refractivity contribution in [2.75, 3.05) is 28.6 Å². The SMILES string of the molecule is C[C@@H]1CC2CSC1N2c1c(F)cc(N2C[C@H](CN=[N+]=[N-])OC2=O)cc1F. The summed E-state index contributed by atoms with van der Waals surface area (Å²) in [5, 5.41) is 3.45. The quantitative estimate of drug-likeness (QED) is 0.450. The number of benzene rings is 1. The summed E-state index contributed by atoms with van der Waals surface area (Å²) in [7, 11) is 0. The van der Waals surface area contributed by atoms with Gasteiger partial charge in [0, 0.05) is 28.8 Å². The number of azide groups is 1. The normalized spacial score (nSPS) is 29.9. The van der Waals surface area contributed by atoms with Crippen LogP contribution in [0.5, 0.6) is 0 Å². The van der Waals surface area contributed by atoms with Gasteiger partial charge in [-0.25, -0.2) is 13.6 Å². The highest BCUT2D eigenvalue weighted by Gasteiger charge is 2.47. The zero-order valence-corrected chi connectivity index (χ0v) is 14.8. The van der Waals surface area contributed by atoms with Gasteiger partial charge >= 0.3 is 6.09 Å². The van der Waals surface area contributed by atoms with Gasteiger partial charge in [-0.1, -0.05) is 12.0 Å². The highest BCUT2D eigenvalue weighted by atomic mass is 32.2. The van der Waals surface area contributed by atoms with Crippen LogP contribution in [-0.2, 0) is 4.74 Å². The van der Waals surface area contributed by atoms with E-state index in [0.717, 1.165) is 17.1 Å². The fourth-order valence-electron chi connectivity index (χ4n) is 3.96. The molecule has 3 aliphatic rings. The maximum absolute atomic E-state index is 14.8. The maximum atomic E-state index is 14.8. The second-order valence-corrected chi connectivity index (χ2v) is 7.94. The molecule has 3 heterocycles. The molecule has 1 amide bonds. The first-order chi connectivity index (χ1) is 12.5. The minimum absolute atomic E-state index is 0.0173. The molecule has 0 spiro atoms. The molecule has 2 unspecified atom stereocenters. The van der Waals surface area contributed by atoms with Gasteiger partial charge in [-0.3, -0.25) is 4.90 Å². The van der Waals surface area contributed by atoms with Gasteiger partial charge in [0.2, 0.25) is 0 Å². The summed E-state index contributed by atoms with van der Waals surface area (Å²) >= 11 is 1.73. The highest BCUT2D eigenvalue weighted by Crippen LogP contribution is 2.48. The third-order valence-electron chi connectivity index (χ3n) is 5.05. The average Bonchev–Trinajstić information content (AvgIpc) is 3.25. The number of hydrogen-bond donors (Lipinski definition) is 0. The van der Waals surface area contributed by atoms with Crippen molar-refractivity contribution < 1.29 is 18.3 Å². The number of carbonyl (C=O) groups is 1. The molecule has 3 saturated heterocycles. The number of rotatable bonds is 4. The molecule has 138 valence electrons. The largest absolute Gasteiger partial charge is 0.444 e. The topological polar surface area (TPSA) is 81.5 Å². The monoisotopic (exact) mass is 381 g/mol. The molecular formula is C16H17F2N5O2S. The van der Waals surface area contributed by atoms with E-state index in [2.05, 4.69) is 16.9 Å². The molecule has 2 bridgehead atoms. The molecule has 3 fully saturated rings. The van der Waals surface area contributed by atoms with Gasteiger partial charge in [0.1, 0.15) is 11.8 Å². The first-order valence-corrected chi connectivity index (χ1v) is 9.42. The van der Waals surface area contributed by atoms with Crippen LogP contribution in [0.25, 0.3) is 10.4 Å². The Labute approximate surface area is 152 Å². The summed E-state index contributed by atoms with van der Waals surface area (Å²) in [6.45, 7) is 2.16. The summed E-state index contributed by atoms with van der Waals surface area (Å²) in [5.41, 5.74) is 8.43. The highest BCUT2D eigenvalue weighted by molar-refractivity contribution is 8.00. The third kappa shape index (κ3) is 2.73. The van der Waals surface area contributed by atoms with Crippen LogP contribution in [0.15, 0.2) is 17.2 Å². The first-order valence-electron chi connectivity index (χ1n) is 8.37. The Balaban J connectivity index is 1.61. The predicted octanol–water partition coefficient (Wildman–Crippen LogP) is 3.89. The molecule has 0 aromatic heterocycles. The van der Waals surface area contributed by atoms with Crippen molar-refractivity contribution in [1.82, 2.24) is 0 Å². The van der Waals surface area contributed by atoms with Crippen LogP contribution in [0.3, 0.4) is 0 Å². The van der Waals surface area contributed by atoms with Gasteiger partial charge in [0.15, 0.2) is 11.6 Å². The fraction of sp³-hybridized carbons (Fsp3) is 0.562. The average molecular weight is 381 g/mol. The maximum Gasteiger partial charge on any atom is 0.414 e. The van der Waals surface area contributed by atoms with Crippen molar-refractivity contribution in [2.45, 2.75) is 30.9 Å². The lowest BCUT2D eigenvalue weighted by Crippen LogP contribution is -2.32. The van der Waals surface area contributed by atoms with Crippen molar-refractivity contribution in [3.63, 3.8) is 0 Å². The van der Waals surface area contributed by atoms with Gasteiger partial charge in [-0.15, -0.1) is 11.8 Å². The Hall–Kier alpha value is -2.19. The van der Waals surface area contributed by atoms with Crippen molar-refractivity contribution in [1.29, 1.82) is 0 Å². The molecule has 1 aromatic carbocycles. The van der Waals surface area contributed by atoms with Gasteiger partial charge in [0.05, 0.1) is 24.2 Å². The van der Waals surface area contributed by atoms with Crippen molar-refractivity contribution >= 4 is 29.2 Å². The molecule has 0 radical (unpaired) electrons. The van der Waals surface area contributed by atoms with E-state index in [9.17, 15) is 13.6 Å². The Morgan fingerprint density at radius 3 is 2.73 bits per heavy atom. The van der Waals surface area contributed by atoms with Crippen LogP contribution in [0.1, 0.15) is 13.3 Å². The number of fused-ring (bicyclic) bond motifs is 2. The van der Waals surface area contributed by atoms with E-state index < -0.39 is 23.8 Å². The molecule has 26 heavy (non-hydrogen) atoms. The Kier molecular flexibility index (Phi) is 4.32. The lowest BCUT2D eigenvalue weighted by molar-refractivity contribution is 0.145. The van der Waals surface area contributed by atoms with Crippen molar-refractivity contribution in [3.8, 4) is 0 Å². The van der Waals surface area contributed by atoms with Gasteiger partial charge in [-0.2, -0.15) is 0 Å². The van der Waals surface area contributed by atoms with E-state index in [1.807, 2.05) is 4.90 Å². The minimum atomic E-state index is -0.708. The third-order valence-corrected chi connectivity index (χ3v) is 6.66. The molecule has 7 nitrogen and oxygen atoms in total. The number of hydrogen-bond acceptors (Lipinski definition) is 5. The van der Waals surface area contributed by atoms with E-state index >= 15 is 0 Å². The fourth-order valence-corrected chi connectivity index (χ4v) is 5.56. The van der Waals surface area contributed by atoms with Crippen LogP contribution in [0, 0.1) is 17.6 Å². The number of halogens is 2. The van der Waals surface area contributed by atoms with Gasteiger partial charge < -0.3 is 9.64 Å². The molecule has 0 N–H and O–H groups in total. The molecule has 10 heteroatoms. The van der Waals surface area contributed by atoms with Gasteiger partial charge in [0.25, 0.3) is 0 Å². The first kappa shape index (κ1) is 17.2. The Morgan fingerprint density at radius 1 is 1.42 bits per heavy atom. The molecule has 4 atom stereocenters. The second kappa shape index (κ2) is 6.51. The second-order valence-electron chi connectivity index (χ2n) is 6.79. The van der Waals surface area contributed by atoms with Crippen molar-refractivity contribution in [3.05, 3.63) is 34.2 Å². The van der Waals surface area contributed by atoms with Crippen LogP contribution in [-0.4, -0.2) is 42.5 Å². The van der Waals surface area contributed by atoms with Gasteiger partial charge in [-0.05, 0) is 17.9 Å². The zero-order valence-electron chi connectivity index (χ0n) is 14.0. The molecule has 0 saturated carbocycles. The molecule has 0 aliphatic carbocycles. The van der Waals surface area contributed by atoms with E-state index in [1.54, 1.807) is 11.8 Å². The predicted molar refractivity (Wildman–Crippen MR) is 94.3 cm³/mol. The van der Waals surface area contributed by atoms with Crippen LogP contribution in [0.4, 0.5) is 25.0 Å². The summed E-state index contributed by atoms with van der Waals surface area (Å²) in [5.74, 6) is -0.113. The molecule has 4 rings (SSSR count). The van der Waals surface area contributed by atoms with E-state index in [-0.39, 0.29) is 35.9 Å². The lowest BCUT2D eigenvalue weighted by atomic mass is 10.1. The Bertz CT molecular complexity index is 780. The van der Waals surface area contributed by atoms with Crippen LogP contribution in [0.2, 0.25) is 0 Å². The number of ether oxygens (including phenoxy) is 1. The summed E-state index contributed by atoms with van der Waals surface area (Å²) in [4.78, 5) is 17.6. The van der Waals surface area contributed by atoms with E-state index in [4.69, 9.17) is 10.3 Å². The number of cyclic esters (lactones) is 1. The molecule has 1 aromatic rings. The van der Waals surface area contributed by atoms with E-state index in [1.165, 1.54) is 12.1 Å². The number of anilines is 2. The standard InChI is InChI=1S/C16H17F2N5O2S/c1-8-2-10-7-26-15(8)23(10)14-12(17)3-9(4-13(14)18)22-6-11(5-20-21-19)25-16(22)24/h3-4,8,10-11,15H,2,5-7H2,1H3/t8-,10?,11+,15?/m1/s1.